The summed E-state index contributed by atoms with van der Waals surface area (Å²) < 4.78 is 18.2. The van der Waals surface area contributed by atoms with Crippen molar-refractivity contribution in [3.8, 4) is 0 Å². The van der Waals surface area contributed by atoms with E-state index >= 15 is 0 Å². The van der Waals surface area contributed by atoms with Crippen molar-refractivity contribution in [2.24, 2.45) is 0 Å². The highest BCUT2D eigenvalue weighted by molar-refractivity contribution is 7.54. The van der Waals surface area contributed by atoms with Gasteiger partial charge in [-0.1, -0.05) is 0 Å². The smallest absolute Gasteiger partial charge is 0.306 e. The highest BCUT2D eigenvalue weighted by Gasteiger charge is 2.27. The van der Waals surface area contributed by atoms with Gasteiger partial charge in [-0.15, -0.1) is 0 Å². The standard InChI is InChI=1S/C5H13N2O2P/c1-7(2)10(8)6-4-3-5-9-10/h3-5H2,1-2H3,(H,6,8). The summed E-state index contributed by atoms with van der Waals surface area (Å²) in [5.41, 5.74) is 0. The third-order valence-electron chi connectivity index (χ3n) is 1.43. The summed E-state index contributed by atoms with van der Waals surface area (Å²) in [7, 11) is 0.896. The van der Waals surface area contributed by atoms with E-state index in [2.05, 4.69) is 5.09 Å². The highest BCUT2D eigenvalue weighted by Crippen LogP contribution is 2.45. The van der Waals surface area contributed by atoms with Crippen LogP contribution in [0.15, 0.2) is 0 Å². The molecule has 0 bridgehead atoms. The molecule has 0 aromatic carbocycles. The van der Waals surface area contributed by atoms with E-state index in [-0.39, 0.29) is 0 Å². The molecule has 4 nitrogen and oxygen atoms in total. The van der Waals surface area contributed by atoms with Crippen molar-refractivity contribution in [2.45, 2.75) is 6.42 Å². The van der Waals surface area contributed by atoms with Gasteiger partial charge in [0.1, 0.15) is 0 Å². The van der Waals surface area contributed by atoms with E-state index in [1.165, 1.54) is 0 Å². The number of nitrogens with one attached hydrogen (secondary N) is 1. The van der Waals surface area contributed by atoms with Crippen LogP contribution in [-0.4, -0.2) is 31.9 Å². The number of rotatable bonds is 1. The van der Waals surface area contributed by atoms with Gasteiger partial charge < -0.3 is 4.52 Å². The lowest BCUT2D eigenvalue weighted by Crippen LogP contribution is -2.29. The van der Waals surface area contributed by atoms with Gasteiger partial charge in [0.25, 0.3) is 0 Å². The molecule has 0 amide bonds. The molecule has 60 valence electrons. The van der Waals surface area contributed by atoms with Gasteiger partial charge in [0.2, 0.25) is 0 Å². The highest BCUT2D eigenvalue weighted by atomic mass is 31.2. The lowest BCUT2D eigenvalue weighted by Gasteiger charge is -2.28. The van der Waals surface area contributed by atoms with Crippen LogP contribution in [0.5, 0.6) is 0 Å². The minimum Gasteiger partial charge on any atom is -0.306 e. The Balaban J connectivity index is 2.57. The average Bonchev–Trinajstić information content (AvgIpc) is 1.89. The van der Waals surface area contributed by atoms with Crippen molar-refractivity contribution in [1.82, 2.24) is 9.76 Å². The van der Waals surface area contributed by atoms with Crippen LogP contribution in [0.1, 0.15) is 6.42 Å². The molecular formula is C5H13N2O2P. The Morgan fingerprint density at radius 3 is 2.60 bits per heavy atom. The fraction of sp³-hybridized carbons (Fsp3) is 1.00. The fourth-order valence-electron chi connectivity index (χ4n) is 0.783. The summed E-state index contributed by atoms with van der Waals surface area (Å²) >= 11 is 0. The van der Waals surface area contributed by atoms with E-state index in [1.807, 2.05) is 0 Å². The monoisotopic (exact) mass is 164 g/mol. The van der Waals surface area contributed by atoms with Gasteiger partial charge in [-0.3, -0.25) is 4.57 Å². The molecule has 1 N–H and O–H groups in total. The van der Waals surface area contributed by atoms with Crippen LogP contribution in [0.4, 0.5) is 0 Å². The molecule has 1 unspecified atom stereocenters. The lowest BCUT2D eigenvalue weighted by atomic mass is 10.5. The molecule has 1 atom stereocenters. The molecule has 0 saturated carbocycles. The molecule has 1 aliphatic rings. The zero-order chi connectivity index (χ0) is 7.61. The third kappa shape index (κ3) is 1.58. The van der Waals surface area contributed by atoms with Crippen molar-refractivity contribution < 1.29 is 9.09 Å². The van der Waals surface area contributed by atoms with Gasteiger partial charge >= 0.3 is 7.67 Å². The molecule has 10 heavy (non-hydrogen) atoms. The Bertz CT molecular complexity index is 150. The van der Waals surface area contributed by atoms with Gasteiger partial charge in [-0.05, 0) is 20.5 Å². The SMILES string of the molecule is CN(C)P1(=O)NCCCO1. The summed E-state index contributed by atoms with van der Waals surface area (Å²) in [5, 5.41) is 2.85. The maximum atomic E-state index is 11.5. The predicted molar refractivity (Wildman–Crippen MR) is 39.9 cm³/mol. The second-order valence-corrected chi connectivity index (χ2v) is 4.88. The Kier molecular flexibility index (Phi) is 2.47. The minimum absolute atomic E-state index is 0.600. The van der Waals surface area contributed by atoms with Crippen molar-refractivity contribution in [3.05, 3.63) is 0 Å². The van der Waals surface area contributed by atoms with Crippen LogP contribution in [0.2, 0.25) is 0 Å². The normalized spacial score (nSPS) is 34.7. The van der Waals surface area contributed by atoms with E-state index in [9.17, 15) is 4.57 Å². The van der Waals surface area contributed by atoms with E-state index in [4.69, 9.17) is 4.52 Å². The Labute approximate surface area is 61.1 Å². The average molecular weight is 164 g/mol. The molecule has 5 heteroatoms. The van der Waals surface area contributed by atoms with E-state index in [0.717, 1.165) is 13.0 Å². The topological polar surface area (TPSA) is 41.6 Å². The van der Waals surface area contributed by atoms with Crippen LogP contribution >= 0.6 is 7.67 Å². The summed E-state index contributed by atoms with van der Waals surface area (Å²) in [5.74, 6) is 0. The van der Waals surface area contributed by atoms with Gasteiger partial charge in [0.05, 0.1) is 6.61 Å². The van der Waals surface area contributed by atoms with E-state index in [0.29, 0.717) is 6.61 Å². The third-order valence-corrected chi connectivity index (χ3v) is 3.63. The Morgan fingerprint density at radius 1 is 1.60 bits per heavy atom. The van der Waals surface area contributed by atoms with Gasteiger partial charge in [0, 0.05) is 6.54 Å². The van der Waals surface area contributed by atoms with Gasteiger partial charge in [0.15, 0.2) is 0 Å². The first-order valence-corrected chi connectivity index (χ1v) is 4.90. The van der Waals surface area contributed by atoms with Crippen molar-refractivity contribution in [1.29, 1.82) is 0 Å². The molecule has 1 aliphatic heterocycles. The largest absolute Gasteiger partial charge is 0.342 e. The summed E-state index contributed by atoms with van der Waals surface area (Å²) in [6.45, 7) is 1.39. The fourth-order valence-corrected chi connectivity index (χ4v) is 2.21. The summed E-state index contributed by atoms with van der Waals surface area (Å²) in [6, 6.07) is 0. The van der Waals surface area contributed by atoms with Crippen molar-refractivity contribution in [2.75, 3.05) is 27.2 Å². The van der Waals surface area contributed by atoms with Gasteiger partial charge in [-0.25, -0.2) is 9.76 Å². The van der Waals surface area contributed by atoms with Crippen molar-refractivity contribution >= 4 is 7.67 Å². The number of nitrogens with zero attached hydrogens (tertiary/aromatic N) is 1. The molecule has 0 aliphatic carbocycles. The lowest BCUT2D eigenvalue weighted by molar-refractivity contribution is 0.246. The molecule has 0 spiro atoms. The molecular weight excluding hydrogens is 151 g/mol. The predicted octanol–water partition coefficient (Wildman–Crippen LogP) is 0.666. The molecule has 0 aromatic heterocycles. The first kappa shape index (κ1) is 8.21. The van der Waals surface area contributed by atoms with Crippen LogP contribution in [-0.2, 0) is 9.09 Å². The molecule has 0 radical (unpaired) electrons. The number of hydrogen-bond donors (Lipinski definition) is 1. The number of hydrogen-bond acceptors (Lipinski definition) is 2. The molecule has 1 heterocycles. The van der Waals surface area contributed by atoms with Crippen molar-refractivity contribution in [3.63, 3.8) is 0 Å². The maximum absolute atomic E-state index is 11.5. The van der Waals surface area contributed by atoms with Crippen LogP contribution in [0.25, 0.3) is 0 Å². The molecule has 1 saturated heterocycles. The quantitative estimate of drug-likeness (QED) is 0.578. The van der Waals surface area contributed by atoms with E-state index < -0.39 is 7.67 Å². The Morgan fingerprint density at radius 2 is 2.30 bits per heavy atom. The van der Waals surface area contributed by atoms with Crippen LogP contribution in [0, 0.1) is 0 Å². The minimum atomic E-state index is -2.60. The van der Waals surface area contributed by atoms with Gasteiger partial charge in [-0.2, -0.15) is 0 Å². The van der Waals surface area contributed by atoms with E-state index in [1.54, 1.807) is 18.8 Å². The maximum Gasteiger partial charge on any atom is 0.342 e. The molecule has 1 rings (SSSR count). The summed E-state index contributed by atoms with van der Waals surface area (Å²) in [4.78, 5) is 0. The second-order valence-electron chi connectivity index (χ2n) is 2.46. The summed E-state index contributed by atoms with van der Waals surface area (Å²) in [6.07, 6.45) is 0.942. The van der Waals surface area contributed by atoms with Crippen LogP contribution in [0.3, 0.4) is 0 Å². The zero-order valence-electron chi connectivity index (χ0n) is 6.33. The van der Waals surface area contributed by atoms with Crippen LogP contribution < -0.4 is 5.09 Å². The second kappa shape index (κ2) is 3.01. The first-order chi connectivity index (χ1) is 4.65. The first-order valence-electron chi connectivity index (χ1n) is 3.33. The zero-order valence-corrected chi connectivity index (χ0v) is 7.23. The molecule has 1 fully saturated rings. The Hall–Kier alpha value is 0.110. The molecule has 0 aromatic rings.